The maximum absolute atomic E-state index is 11.7. The molecule has 1 rings (SSSR count). The van der Waals surface area contributed by atoms with Gasteiger partial charge in [0.05, 0.1) is 16.9 Å². The zero-order chi connectivity index (χ0) is 12.1. The quantitative estimate of drug-likeness (QED) is 0.789. The van der Waals surface area contributed by atoms with E-state index >= 15 is 0 Å². The number of nitriles is 1. The fraction of sp³-hybridized carbons (Fsp3) is 0.333. The number of benzene rings is 1. The number of rotatable bonds is 3. The van der Waals surface area contributed by atoms with E-state index < -0.39 is 0 Å². The van der Waals surface area contributed by atoms with Crippen LogP contribution < -0.4 is 5.32 Å². The first-order valence-corrected chi connectivity index (χ1v) is 5.55. The van der Waals surface area contributed by atoms with E-state index in [0.717, 1.165) is 0 Å². The molecule has 1 amide bonds. The molecule has 0 bridgehead atoms. The second-order valence-electron chi connectivity index (χ2n) is 3.87. The van der Waals surface area contributed by atoms with Crippen LogP contribution in [0.15, 0.2) is 24.3 Å². The molecule has 0 fully saturated rings. The summed E-state index contributed by atoms with van der Waals surface area (Å²) in [7, 11) is 0. The Kier molecular flexibility index (Phi) is 4.39. The largest absolute Gasteiger partial charge is 0.325 e. The molecule has 1 unspecified atom stereocenters. The monoisotopic (exact) mass is 234 g/mol. The van der Waals surface area contributed by atoms with Crippen molar-refractivity contribution in [2.24, 2.45) is 5.92 Å². The number of nitrogens with one attached hydrogen (secondary N) is 1. The normalized spacial score (nSPS) is 11.9. The highest BCUT2D eigenvalue weighted by atomic mass is 32.1. The molecule has 1 N–H and O–H groups in total. The first-order valence-electron chi connectivity index (χ1n) is 5.03. The molecule has 0 spiro atoms. The van der Waals surface area contributed by atoms with Crippen molar-refractivity contribution in [3.05, 3.63) is 29.8 Å². The van der Waals surface area contributed by atoms with E-state index in [0.29, 0.717) is 11.3 Å². The number of amides is 1. The minimum Gasteiger partial charge on any atom is -0.325 e. The highest BCUT2D eigenvalue weighted by molar-refractivity contribution is 7.81. The smallest absolute Gasteiger partial charge is 0.237 e. The molecule has 0 aliphatic carbocycles. The van der Waals surface area contributed by atoms with Crippen LogP contribution in [0.1, 0.15) is 19.4 Å². The Balaban J connectivity index is 2.67. The summed E-state index contributed by atoms with van der Waals surface area (Å²) in [6.07, 6.45) is 0. The Labute approximate surface area is 101 Å². The Hall–Kier alpha value is -1.47. The number of nitrogens with zero attached hydrogens (tertiary/aromatic N) is 1. The van der Waals surface area contributed by atoms with Gasteiger partial charge in [-0.3, -0.25) is 4.79 Å². The summed E-state index contributed by atoms with van der Waals surface area (Å²) in [5.41, 5.74) is 1.26. The van der Waals surface area contributed by atoms with Gasteiger partial charge in [-0.05, 0) is 30.2 Å². The first kappa shape index (κ1) is 12.6. The molecule has 0 saturated heterocycles. The van der Waals surface area contributed by atoms with Gasteiger partial charge in [0.1, 0.15) is 0 Å². The molecule has 16 heavy (non-hydrogen) atoms. The Morgan fingerprint density at radius 3 is 2.38 bits per heavy atom. The van der Waals surface area contributed by atoms with Gasteiger partial charge in [0.2, 0.25) is 5.91 Å². The van der Waals surface area contributed by atoms with E-state index in [1.807, 2.05) is 19.9 Å². The van der Waals surface area contributed by atoms with Crippen LogP contribution in [-0.2, 0) is 4.79 Å². The van der Waals surface area contributed by atoms with Gasteiger partial charge in [0.15, 0.2) is 0 Å². The molecular formula is C12H14N2OS. The van der Waals surface area contributed by atoms with E-state index in [2.05, 4.69) is 17.9 Å². The predicted molar refractivity (Wildman–Crippen MR) is 67.4 cm³/mol. The molecule has 1 aromatic carbocycles. The van der Waals surface area contributed by atoms with Gasteiger partial charge in [-0.2, -0.15) is 17.9 Å². The fourth-order valence-electron chi connectivity index (χ4n) is 1.15. The van der Waals surface area contributed by atoms with Gasteiger partial charge in [0, 0.05) is 5.69 Å². The van der Waals surface area contributed by atoms with Gasteiger partial charge in [-0.25, -0.2) is 0 Å². The van der Waals surface area contributed by atoms with E-state index in [9.17, 15) is 4.79 Å². The van der Waals surface area contributed by atoms with Crippen LogP contribution in [0.5, 0.6) is 0 Å². The van der Waals surface area contributed by atoms with Gasteiger partial charge < -0.3 is 5.32 Å². The fourth-order valence-corrected chi connectivity index (χ4v) is 1.21. The summed E-state index contributed by atoms with van der Waals surface area (Å²) in [6, 6.07) is 8.76. The van der Waals surface area contributed by atoms with Crippen molar-refractivity contribution in [1.29, 1.82) is 5.26 Å². The molecule has 1 atom stereocenters. The lowest BCUT2D eigenvalue weighted by Crippen LogP contribution is -2.27. The molecule has 0 aliphatic rings. The summed E-state index contributed by atoms with van der Waals surface area (Å²) in [4.78, 5) is 11.7. The van der Waals surface area contributed by atoms with Gasteiger partial charge in [-0.15, -0.1) is 0 Å². The third kappa shape index (κ3) is 3.28. The zero-order valence-corrected chi connectivity index (χ0v) is 10.2. The lowest BCUT2D eigenvalue weighted by molar-refractivity contribution is -0.116. The van der Waals surface area contributed by atoms with Gasteiger partial charge >= 0.3 is 0 Å². The SMILES string of the molecule is CC(C)C(S)C(=O)Nc1ccc(C#N)cc1. The Morgan fingerprint density at radius 1 is 1.38 bits per heavy atom. The van der Waals surface area contributed by atoms with E-state index in [1.165, 1.54) is 0 Å². The topological polar surface area (TPSA) is 52.9 Å². The Bertz CT molecular complexity index is 406. The van der Waals surface area contributed by atoms with Crippen molar-refractivity contribution < 1.29 is 4.79 Å². The zero-order valence-electron chi connectivity index (χ0n) is 9.27. The van der Waals surface area contributed by atoms with Crippen LogP contribution in [-0.4, -0.2) is 11.2 Å². The number of thiol groups is 1. The van der Waals surface area contributed by atoms with Crippen molar-refractivity contribution in [3.8, 4) is 6.07 Å². The molecule has 0 radical (unpaired) electrons. The summed E-state index contributed by atoms with van der Waals surface area (Å²) < 4.78 is 0. The maximum atomic E-state index is 11.7. The number of carbonyl (C=O) groups is 1. The van der Waals surface area contributed by atoms with Crippen LogP contribution in [0, 0.1) is 17.2 Å². The van der Waals surface area contributed by atoms with Crippen LogP contribution >= 0.6 is 12.6 Å². The van der Waals surface area contributed by atoms with E-state index in [1.54, 1.807) is 24.3 Å². The van der Waals surface area contributed by atoms with Crippen LogP contribution in [0.4, 0.5) is 5.69 Å². The molecule has 0 aromatic heterocycles. The predicted octanol–water partition coefficient (Wildman–Crippen LogP) is 2.45. The first-order chi connectivity index (χ1) is 7.54. The van der Waals surface area contributed by atoms with Crippen molar-refractivity contribution in [1.82, 2.24) is 0 Å². The third-order valence-corrected chi connectivity index (χ3v) is 3.01. The van der Waals surface area contributed by atoms with Crippen molar-refractivity contribution in [3.63, 3.8) is 0 Å². The Morgan fingerprint density at radius 2 is 1.94 bits per heavy atom. The summed E-state index contributed by atoms with van der Waals surface area (Å²) in [5, 5.41) is 11.0. The minimum atomic E-state index is -0.323. The average molecular weight is 234 g/mol. The number of hydrogen-bond acceptors (Lipinski definition) is 3. The number of anilines is 1. The lowest BCUT2D eigenvalue weighted by Gasteiger charge is -2.14. The minimum absolute atomic E-state index is 0.122. The average Bonchev–Trinajstić information content (AvgIpc) is 2.28. The summed E-state index contributed by atoms with van der Waals surface area (Å²) in [5.74, 6) is 0.0600. The molecule has 1 aromatic rings. The summed E-state index contributed by atoms with van der Waals surface area (Å²) in [6.45, 7) is 3.88. The van der Waals surface area contributed by atoms with Crippen molar-refractivity contribution in [2.75, 3.05) is 5.32 Å². The number of carbonyl (C=O) groups excluding carboxylic acids is 1. The highest BCUT2D eigenvalue weighted by Gasteiger charge is 2.17. The molecule has 84 valence electrons. The standard InChI is InChI=1S/C12H14N2OS/c1-8(2)11(16)12(15)14-10-5-3-9(7-13)4-6-10/h3-6,8,11,16H,1-2H3,(H,14,15). The van der Waals surface area contributed by atoms with Crippen LogP contribution in [0.25, 0.3) is 0 Å². The highest BCUT2D eigenvalue weighted by Crippen LogP contribution is 2.14. The van der Waals surface area contributed by atoms with Crippen molar-refractivity contribution in [2.45, 2.75) is 19.1 Å². The number of hydrogen-bond donors (Lipinski definition) is 2. The van der Waals surface area contributed by atoms with Crippen LogP contribution in [0.3, 0.4) is 0 Å². The van der Waals surface area contributed by atoms with Crippen molar-refractivity contribution >= 4 is 24.2 Å². The molecule has 0 saturated carbocycles. The maximum Gasteiger partial charge on any atom is 0.237 e. The molecule has 4 heteroatoms. The molecular weight excluding hydrogens is 220 g/mol. The molecule has 0 aliphatic heterocycles. The second kappa shape index (κ2) is 5.57. The van der Waals surface area contributed by atoms with E-state index in [4.69, 9.17) is 5.26 Å². The van der Waals surface area contributed by atoms with E-state index in [-0.39, 0.29) is 17.1 Å². The lowest BCUT2D eigenvalue weighted by atomic mass is 10.1. The molecule has 0 heterocycles. The summed E-state index contributed by atoms with van der Waals surface area (Å²) >= 11 is 4.22. The molecule has 3 nitrogen and oxygen atoms in total. The second-order valence-corrected chi connectivity index (χ2v) is 4.42. The van der Waals surface area contributed by atoms with Crippen LogP contribution in [0.2, 0.25) is 0 Å². The third-order valence-electron chi connectivity index (χ3n) is 2.18. The van der Waals surface area contributed by atoms with Gasteiger partial charge in [0.25, 0.3) is 0 Å². The van der Waals surface area contributed by atoms with Gasteiger partial charge in [-0.1, -0.05) is 13.8 Å².